The number of likely N-dealkylation sites (N-methyl/N-ethyl adjacent to an activating group) is 1. The van der Waals surface area contributed by atoms with Crippen LogP contribution in [0.15, 0.2) is 0 Å². The lowest BCUT2D eigenvalue weighted by atomic mass is 9.83. The van der Waals surface area contributed by atoms with Gasteiger partial charge in [-0.05, 0) is 31.2 Å². The zero-order chi connectivity index (χ0) is 11.3. The topological polar surface area (TPSA) is 32.3 Å². The minimum absolute atomic E-state index is 0.166. The molecule has 0 radical (unpaired) electrons. The molecule has 0 atom stereocenters. The van der Waals surface area contributed by atoms with Crippen LogP contribution in [0.5, 0.6) is 0 Å². The Kier molecular flexibility index (Phi) is 5.09. The van der Waals surface area contributed by atoms with Crippen molar-refractivity contribution in [3.63, 3.8) is 0 Å². The van der Waals surface area contributed by atoms with E-state index in [0.717, 1.165) is 18.4 Å². The molecule has 88 valence electrons. The highest BCUT2D eigenvalue weighted by atomic mass is 16.2. The molecule has 15 heavy (non-hydrogen) atoms. The fourth-order valence-electron chi connectivity index (χ4n) is 2.07. The molecule has 3 heteroatoms. The van der Waals surface area contributed by atoms with Crippen LogP contribution in [-0.4, -0.2) is 38.0 Å². The number of rotatable bonds is 4. The second-order valence-electron chi connectivity index (χ2n) is 5.04. The molecule has 0 heterocycles. The predicted octanol–water partition coefficient (Wildman–Crippen LogP) is 1.49. The number of hydrogen-bond acceptors (Lipinski definition) is 2. The quantitative estimate of drug-likeness (QED) is 0.766. The third-order valence-electron chi connectivity index (χ3n) is 3.34. The van der Waals surface area contributed by atoms with Crippen molar-refractivity contribution >= 4 is 5.91 Å². The van der Waals surface area contributed by atoms with Crippen LogP contribution in [0.3, 0.4) is 0 Å². The number of carbonyl (C=O) groups excluding carboxylic acids is 1. The fourth-order valence-corrected chi connectivity index (χ4v) is 2.07. The second kappa shape index (κ2) is 6.11. The van der Waals surface area contributed by atoms with E-state index < -0.39 is 0 Å². The van der Waals surface area contributed by atoms with Gasteiger partial charge in [0, 0.05) is 14.1 Å². The maximum atomic E-state index is 11.3. The first-order chi connectivity index (χ1) is 7.09. The van der Waals surface area contributed by atoms with Gasteiger partial charge in [0.15, 0.2) is 0 Å². The second-order valence-corrected chi connectivity index (χ2v) is 5.04. The van der Waals surface area contributed by atoms with E-state index in [2.05, 4.69) is 12.2 Å². The zero-order valence-corrected chi connectivity index (χ0v) is 10.3. The molecule has 1 saturated carbocycles. The van der Waals surface area contributed by atoms with Gasteiger partial charge in [0.05, 0.1) is 6.54 Å². The summed E-state index contributed by atoms with van der Waals surface area (Å²) in [5, 5.41) is 3.26. The van der Waals surface area contributed by atoms with E-state index >= 15 is 0 Å². The molecule has 0 aromatic rings. The summed E-state index contributed by atoms with van der Waals surface area (Å²) >= 11 is 0. The third kappa shape index (κ3) is 4.65. The minimum Gasteiger partial charge on any atom is -0.348 e. The van der Waals surface area contributed by atoms with Gasteiger partial charge in [-0.2, -0.15) is 0 Å². The van der Waals surface area contributed by atoms with Gasteiger partial charge in [-0.1, -0.05) is 19.8 Å². The SMILES string of the molecule is CC1CCC(CNCC(=O)N(C)C)CC1. The Morgan fingerprint density at radius 3 is 2.40 bits per heavy atom. The Hall–Kier alpha value is -0.570. The number of carbonyl (C=O) groups is 1. The summed E-state index contributed by atoms with van der Waals surface area (Å²) in [7, 11) is 3.60. The molecule has 0 aromatic carbocycles. The van der Waals surface area contributed by atoms with E-state index in [1.165, 1.54) is 25.7 Å². The summed E-state index contributed by atoms with van der Waals surface area (Å²) in [6.45, 7) is 3.82. The highest BCUT2D eigenvalue weighted by molar-refractivity contribution is 5.77. The molecule has 1 N–H and O–H groups in total. The average molecular weight is 212 g/mol. The standard InChI is InChI=1S/C12H24N2O/c1-10-4-6-11(7-5-10)8-13-9-12(15)14(2)3/h10-11,13H,4-9H2,1-3H3. The Bertz CT molecular complexity index is 196. The van der Waals surface area contributed by atoms with Crippen molar-refractivity contribution in [1.82, 2.24) is 10.2 Å². The van der Waals surface area contributed by atoms with Crippen LogP contribution in [0.25, 0.3) is 0 Å². The van der Waals surface area contributed by atoms with E-state index in [4.69, 9.17) is 0 Å². The first-order valence-corrected chi connectivity index (χ1v) is 6.00. The zero-order valence-electron chi connectivity index (χ0n) is 10.3. The Morgan fingerprint density at radius 2 is 1.87 bits per heavy atom. The summed E-state index contributed by atoms with van der Waals surface area (Å²) in [5.41, 5.74) is 0. The predicted molar refractivity (Wildman–Crippen MR) is 62.7 cm³/mol. The van der Waals surface area contributed by atoms with Gasteiger partial charge in [0.25, 0.3) is 0 Å². The lowest BCUT2D eigenvalue weighted by Crippen LogP contribution is -2.35. The third-order valence-corrected chi connectivity index (χ3v) is 3.34. The summed E-state index contributed by atoms with van der Waals surface area (Å²) in [6.07, 6.45) is 5.36. The van der Waals surface area contributed by atoms with Crippen LogP contribution in [0.2, 0.25) is 0 Å². The molecule has 1 amide bonds. The van der Waals surface area contributed by atoms with E-state index in [-0.39, 0.29) is 5.91 Å². The maximum absolute atomic E-state index is 11.3. The van der Waals surface area contributed by atoms with Gasteiger partial charge in [-0.25, -0.2) is 0 Å². The highest BCUT2D eigenvalue weighted by Crippen LogP contribution is 2.27. The molecule has 1 rings (SSSR count). The van der Waals surface area contributed by atoms with Gasteiger partial charge in [0.2, 0.25) is 5.91 Å². The van der Waals surface area contributed by atoms with Crippen molar-refractivity contribution in [3.05, 3.63) is 0 Å². The Balaban J connectivity index is 2.08. The normalized spacial score (nSPS) is 26.3. The van der Waals surface area contributed by atoms with Gasteiger partial charge in [-0.3, -0.25) is 4.79 Å². The van der Waals surface area contributed by atoms with Crippen molar-refractivity contribution < 1.29 is 4.79 Å². The first-order valence-electron chi connectivity index (χ1n) is 6.00. The molecule has 1 aliphatic rings. The molecule has 1 aliphatic carbocycles. The molecular weight excluding hydrogens is 188 g/mol. The molecule has 0 aliphatic heterocycles. The van der Waals surface area contributed by atoms with Crippen LogP contribution in [-0.2, 0) is 4.79 Å². The summed E-state index contributed by atoms with van der Waals surface area (Å²) in [4.78, 5) is 12.9. The molecule has 0 aromatic heterocycles. The molecule has 0 unspecified atom stereocenters. The van der Waals surface area contributed by atoms with Gasteiger partial charge < -0.3 is 10.2 Å². The van der Waals surface area contributed by atoms with Crippen LogP contribution >= 0.6 is 0 Å². The van der Waals surface area contributed by atoms with Crippen LogP contribution in [0.4, 0.5) is 0 Å². The van der Waals surface area contributed by atoms with Crippen LogP contribution in [0.1, 0.15) is 32.6 Å². The van der Waals surface area contributed by atoms with Crippen molar-refractivity contribution in [3.8, 4) is 0 Å². The highest BCUT2D eigenvalue weighted by Gasteiger charge is 2.17. The smallest absolute Gasteiger partial charge is 0.236 e. The number of nitrogens with zero attached hydrogens (tertiary/aromatic N) is 1. The van der Waals surface area contributed by atoms with E-state index in [1.54, 1.807) is 19.0 Å². The van der Waals surface area contributed by atoms with Crippen molar-refractivity contribution in [2.24, 2.45) is 11.8 Å². The van der Waals surface area contributed by atoms with Crippen molar-refractivity contribution in [2.75, 3.05) is 27.2 Å². The molecule has 3 nitrogen and oxygen atoms in total. The van der Waals surface area contributed by atoms with E-state index in [9.17, 15) is 4.79 Å². The number of nitrogens with one attached hydrogen (secondary N) is 1. The Labute approximate surface area is 93.2 Å². The summed E-state index contributed by atoms with van der Waals surface area (Å²) in [5.74, 6) is 1.86. The van der Waals surface area contributed by atoms with Crippen molar-refractivity contribution in [2.45, 2.75) is 32.6 Å². The molecule has 0 saturated heterocycles. The first kappa shape index (κ1) is 12.5. The lowest BCUT2D eigenvalue weighted by molar-refractivity contribution is -0.127. The Morgan fingerprint density at radius 1 is 1.27 bits per heavy atom. The average Bonchev–Trinajstić information content (AvgIpc) is 2.20. The monoisotopic (exact) mass is 212 g/mol. The summed E-state index contributed by atoms with van der Waals surface area (Å²) < 4.78 is 0. The number of hydrogen-bond donors (Lipinski definition) is 1. The molecular formula is C12H24N2O. The lowest BCUT2D eigenvalue weighted by Gasteiger charge is -2.26. The maximum Gasteiger partial charge on any atom is 0.236 e. The van der Waals surface area contributed by atoms with E-state index in [0.29, 0.717) is 6.54 Å². The molecule has 0 bridgehead atoms. The molecule has 1 fully saturated rings. The van der Waals surface area contributed by atoms with Crippen LogP contribution < -0.4 is 5.32 Å². The number of amides is 1. The van der Waals surface area contributed by atoms with E-state index in [1.807, 2.05) is 0 Å². The van der Waals surface area contributed by atoms with Crippen molar-refractivity contribution in [1.29, 1.82) is 0 Å². The van der Waals surface area contributed by atoms with Gasteiger partial charge >= 0.3 is 0 Å². The fraction of sp³-hybridized carbons (Fsp3) is 0.917. The minimum atomic E-state index is 0.166. The van der Waals surface area contributed by atoms with Crippen LogP contribution in [0, 0.1) is 11.8 Å². The largest absolute Gasteiger partial charge is 0.348 e. The summed E-state index contributed by atoms with van der Waals surface area (Å²) in [6, 6.07) is 0. The van der Waals surface area contributed by atoms with Gasteiger partial charge in [0.1, 0.15) is 0 Å². The van der Waals surface area contributed by atoms with Gasteiger partial charge in [-0.15, -0.1) is 0 Å². The molecule has 0 spiro atoms.